The van der Waals surface area contributed by atoms with Gasteiger partial charge in [0.1, 0.15) is 0 Å². The van der Waals surface area contributed by atoms with Crippen molar-refractivity contribution < 1.29 is 0 Å². The smallest absolute Gasteiger partial charge is 0.321 e. The summed E-state index contributed by atoms with van der Waals surface area (Å²) in [5.41, 5.74) is 5.31. The maximum Gasteiger partial charge on any atom is 0.326 e. The third-order valence-corrected chi connectivity index (χ3v) is 8.88. The number of halogens is 2. The second-order valence-corrected chi connectivity index (χ2v) is 11.6. The van der Waals surface area contributed by atoms with E-state index in [0.717, 1.165) is 65.3 Å². The Morgan fingerprint density at radius 2 is 1.56 bits per heavy atom. The first kappa shape index (κ1) is 26.1. The molecular weight excluding hydrogens is 553 g/mol. The summed E-state index contributed by atoms with van der Waals surface area (Å²) in [6.45, 7) is 2.78. The quantitative estimate of drug-likeness (QED) is 0.275. The summed E-state index contributed by atoms with van der Waals surface area (Å²) in [5.74, 6) is 0. The molecule has 7 rings (SSSR count). The van der Waals surface area contributed by atoms with Crippen molar-refractivity contribution in [2.75, 3.05) is 18.0 Å². The molecule has 41 heavy (non-hydrogen) atoms. The lowest BCUT2D eigenvalue weighted by Crippen LogP contribution is -2.38. The molecule has 1 saturated heterocycles. The normalized spacial score (nSPS) is 17.7. The van der Waals surface area contributed by atoms with Crippen molar-refractivity contribution in [1.82, 2.24) is 14.5 Å². The number of aromatic amines is 1. The predicted octanol–water partition coefficient (Wildman–Crippen LogP) is 6.05. The van der Waals surface area contributed by atoms with Crippen LogP contribution < -0.4 is 21.2 Å². The maximum atomic E-state index is 12.7. The maximum absolute atomic E-state index is 12.7. The van der Waals surface area contributed by atoms with Crippen LogP contribution in [0.2, 0.25) is 10.0 Å². The second-order valence-electron chi connectivity index (χ2n) is 10.8. The molecule has 1 fully saturated rings. The third kappa shape index (κ3) is 5.08. The Kier molecular flexibility index (Phi) is 6.91. The number of nitrogens with one attached hydrogen (secondary N) is 1. The number of nitrogens with zero attached hydrogens (tertiary/aromatic N) is 4. The summed E-state index contributed by atoms with van der Waals surface area (Å²) in [6, 6.07) is 30.9. The van der Waals surface area contributed by atoms with Crippen molar-refractivity contribution in [3.05, 3.63) is 133 Å². The van der Waals surface area contributed by atoms with E-state index < -0.39 is 0 Å². The fraction of sp³-hybridized carbons (Fsp3) is 0.212. The minimum atomic E-state index is -0.210. The van der Waals surface area contributed by atoms with Crippen molar-refractivity contribution in [2.24, 2.45) is 4.99 Å². The number of benzene rings is 4. The first-order valence-electron chi connectivity index (χ1n) is 13.9. The van der Waals surface area contributed by atoms with Crippen LogP contribution in [0.5, 0.6) is 0 Å². The molecule has 1 unspecified atom stereocenters. The van der Waals surface area contributed by atoms with Gasteiger partial charge in [0.05, 0.1) is 26.4 Å². The third-order valence-electron chi connectivity index (χ3n) is 8.16. The molecule has 0 bridgehead atoms. The fourth-order valence-electron chi connectivity index (χ4n) is 6.06. The van der Waals surface area contributed by atoms with Crippen LogP contribution in [0.15, 0.2) is 101 Å². The standard InChI is InChI=1S/C33H29Cl2N5O/c34-27-18-24-21-39(32(23-6-2-1-3-7-23)36-30(24)19-28(27)35)25-12-10-22(11-13-25)20-38-16-14-26(15-17-38)40-31-9-5-4-8-29(31)37-33(40)41/h1-13,18-19,21,26,32H,14-17,20H2,(H,37,41). The number of rotatable bonds is 5. The van der Waals surface area contributed by atoms with Crippen molar-refractivity contribution >= 4 is 46.1 Å². The highest BCUT2D eigenvalue weighted by Gasteiger charge is 2.24. The minimum absolute atomic E-state index is 0.0108. The Balaban J connectivity index is 1.09. The molecule has 6 nitrogen and oxygen atoms in total. The molecule has 0 amide bonds. The Labute approximate surface area is 247 Å². The molecule has 0 aliphatic carbocycles. The number of hydrogen-bond donors (Lipinski definition) is 1. The van der Waals surface area contributed by atoms with Crippen molar-refractivity contribution in [3.8, 4) is 0 Å². The number of piperidine rings is 1. The number of fused-ring (bicyclic) bond motifs is 2. The van der Waals surface area contributed by atoms with E-state index in [1.165, 1.54) is 5.56 Å². The first-order valence-corrected chi connectivity index (χ1v) is 14.7. The highest BCUT2D eigenvalue weighted by Crippen LogP contribution is 2.31. The van der Waals surface area contributed by atoms with Crippen molar-refractivity contribution in [2.45, 2.75) is 31.6 Å². The Morgan fingerprint density at radius 1 is 0.854 bits per heavy atom. The molecule has 5 aromatic rings. The largest absolute Gasteiger partial charge is 0.326 e. The highest BCUT2D eigenvalue weighted by atomic mass is 35.5. The zero-order chi connectivity index (χ0) is 27.9. The van der Waals surface area contributed by atoms with E-state index in [1.54, 1.807) is 0 Å². The van der Waals surface area contributed by atoms with Gasteiger partial charge >= 0.3 is 5.69 Å². The predicted molar refractivity (Wildman–Crippen MR) is 166 cm³/mol. The molecule has 2 aliphatic rings. The van der Waals surface area contributed by atoms with Crippen LogP contribution >= 0.6 is 23.2 Å². The van der Waals surface area contributed by atoms with Crippen LogP contribution in [0.25, 0.3) is 17.2 Å². The van der Waals surface area contributed by atoms with Gasteiger partial charge in [-0.1, -0.05) is 77.8 Å². The van der Waals surface area contributed by atoms with E-state index >= 15 is 0 Å². The zero-order valence-corrected chi connectivity index (χ0v) is 23.9. The molecular formula is C33H29Cl2N5O. The van der Waals surface area contributed by atoms with E-state index in [1.807, 2.05) is 59.2 Å². The molecule has 3 heterocycles. The zero-order valence-electron chi connectivity index (χ0n) is 22.4. The second kappa shape index (κ2) is 10.9. The highest BCUT2D eigenvalue weighted by molar-refractivity contribution is 6.41. The SMILES string of the molecule is O=c1[nH]c2ccccc2n1C1CCN(Cc2ccc(N3C=c4cc(Cl)c(Cl)cc4=NC3c3ccccc3)cc2)CC1. The number of H-pyrrole nitrogens is 1. The van der Waals surface area contributed by atoms with E-state index in [9.17, 15) is 4.79 Å². The Bertz CT molecular complexity index is 1890. The fourth-order valence-corrected chi connectivity index (χ4v) is 6.39. The number of para-hydroxylation sites is 2. The average molecular weight is 583 g/mol. The van der Waals surface area contributed by atoms with E-state index in [4.69, 9.17) is 28.2 Å². The number of anilines is 1. The van der Waals surface area contributed by atoms with Crippen LogP contribution in [-0.2, 0) is 6.54 Å². The van der Waals surface area contributed by atoms with Gasteiger partial charge in [0.15, 0.2) is 6.17 Å². The van der Waals surface area contributed by atoms with E-state index in [2.05, 4.69) is 57.4 Å². The van der Waals surface area contributed by atoms with Gasteiger partial charge in [0, 0.05) is 42.8 Å². The van der Waals surface area contributed by atoms with Gasteiger partial charge < -0.3 is 9.88 Å². The first-order chi connectivity index (χ1) is 20.0. The van der Waals surface area contributed by atoms with Crippen LogP contribution in [0.3, 0.4) is 0 Å². The van der Waals surface area contributed by atoms with Gasteiger partial charge in [-0.2, -0.15) is 0 Å². The summed E-state index contributed by atoms with van der Waals surface area (Å²) in [6.07, 6.45) is 3.80. The molecule has 2 aliphatic heterocycles. The Hall–Kier alpha value is -3.84. The van der Waals surface area contributed by atoms with Gasteiger partial charge in [-0.3, -0.25) is 14.5 Å². The number of imidazole rings is 1. The van der Waals surface area contributed by atoms with Gasteiger partial charge in [-0.15, -0.1) is 0 Å². The summed E-state index contributed by atoms with van der Waals surface area (Å²) in [5, 5.41) is 2.79. The van der Waals surface area contributed by atoms with E-state index in [-0.39, 0.29) is 17.9 Å². The van der Waals surface area contributed by atoms with Crippen LogP contribution in [0.1, 0.15) is 36.2 Å². The molecule has 8 heteroatoms. The molecule has 0 radical (unpaired) electrons. The van der Waals surface area contributed by atoms with Gasteiger partial charge in [0.2, 0.25) is 0 Å². The lowest BCUT2D eigenvalue weighted by molar-refractivity contribution is 0.180. The molecule has 1 atom stereocenters. The van der Waals surface area contributed by atoms with Crippen LogP contribution in [0, 0.1) is 0 Å². The Morgan fingerprint density at radius 3 is 2.34 bits per heavy atom. The van der Waals surface area contributed by atoms with Gasteiger partial charge in [0.25, 0.3) is 0 Å². The molecule has 206 valence electrons. The van der Waals surface area contributed by atoms with Crippen LogP contribution in [-0.4, -0.2) is 27.5 Å². The lowest BCUT2D eigenvalue weighted by atomic mass is 10.0. The number of hydrogen-bond acceptors (Lipinski definition) is 4. The lowest BCUT2D eigenvalue weighted by Gasteiger charge is -2.33. The summed E-state index contributed by atoms with van der Waals surface area (Å²) in [4.78, 5) is 25.4. The summed E-state index contributed by atoms with van der Waals surface area (Å²) in [7, 11) is 0. The van der Waals surface area contributed by atoms with Crippen LogP contribution in [0.4, 0.5) is 5.69 Å². The minimum Gasteiger partial charge on any atom is -0.321 e. The van der Waals surface area contributed by atoms with Crippen molar-refractivity contribution in [1.29, 1.82) is 0 Å². The topological polar surface area (TPSA) is 56.6 Å². The van der Waals surface area contributed by atoms with Crippen molar-refractivity contribution in [3.63, 3.8) is 0 Å². The van der Waals surface area contributed by atoms with E-state index in [0.29, 0.717) is 10.0 Å². The molecule has 0 saturated carbocycles. The number of likely N-dealkylation sites (tertiary alicyclic amines) is 1. The monoisotopic (exact) mass is 581 g/mol. The summed E-state index contributed by atoms with van der Waals surface area (Å²) < 4.78 is 1.95. The molecule has 4 aromatic carbocycles. The number of aromatic nitrogens is 2. The molecule has 1 N–H and O–H groups in total. The average Bonchev–Trinajstić information content (AvgIpc) is 3.34. The summed E-state index contributed by atoms with van der Waals surface area (Å²) >= 11 is 12.7. The van der Waals surface area contributed by atoms with Gasteiger partial charge in [-0.25, -0.2) is 4.79 Å². The molecule has 0 spiro atoms. The molecule has 1 aromatic heterocycles. The van der Waals surface area contributed by atoms with Gasteiger partial charge in [-0.05, 0) is 60.4 Å².